The molecule has 3 rings (SSSR count). The topological polar surface area (TPSA) is 57.0 Å². The van der Waals surface area contributed by atoms with Crippen molar-refractivity contribution in [2.24, 2.45) is 0 Å². The van der Waals surface area contributed by atoms with Crippen molar-refractivity contribution in [2.75, 3.05) is 17.2 Å². The number of carbonyl (C=O) groups excluding carboxylic acids is 1. The number of aryl methyl sites for hydroxylation is 1. The first kappa shape index (κ1) is 18.0. The Morgan fingerprint density at radius 1 is 1.12 bits per heavy atom. The summed E-state index contributed by atoms with van der Waals surface area (Å²) in [6.07, 6.45) is 0.304. The highest BCUT2D eigenvalue weighted by atomic mass is 32.2. The van der Waals surface area contributed by atoms with Gasteiger partial charge in [0.1, 0.15) is 0 Å². The van der Waals surface area contributed by atoms with E-state index in [0.717, 1.165) is 27.2 Å². The van der Waals surface area contributed by atoms with Gasteiger partial charge in [-0.25, -0.2) is 4.98 Å². The minimum absolute atomic E-state index is 0.0240. The summed E-state index contributed by atoms with van der Waals surface area (Å²) < 4.78 is 0. The van der Waals surface area contributed by atoms with Crippen LogP contribution in [0.4, 0.5) is 5.69 Å². The second-order valence-electron chi connectivity index (χ2n) is 5.92. The van der Waals surface area contributed by atoms with Crippen molar-refractivity contribution in [2.45, 2.75) is 18.4 Å². The molecule has 0 aliphatic carbocycles. The molecule has 0 atom stereocenters. The lowest BCUT2D eigenvalue weighted by Crippen LogP contribution is -2.33. The van der Waals surface area contributed by atoms with E-state index in [1.807, 2.05) is 67.6 Å². The van der Waals surface area contributed by atoms with E-state index in [0.29, 0.717) is 13.0 Å². The molecule has 0 radical (unpaired) electrons. The summed E-state index contributed by atoms with van der Waals surface area (Å²) in [5.41, 5.74) is 2.88. The van der Waals surface area contributed by atoms with E-state index < -0.39 is 0 Å². The van der Waals surface area contributed by atoms with E-state index in [1.165, 1.54) is 11.8 Å². The van der Waals surface area contributed by atoms with Crippen LogP contribution >= 0.6 is 11.8 Å². The van der Waals surface area contributed by atoms with Crippen LogP contribution in [0.3, 0.4) is 0 Å². The van der Waals surface area contributed by atoms with Gasteiger partial charge in [0.15, 0.2) is 0 Å². The Hall–Kier alpha value is -2.84. The predicted molar refractivity (Wildman–Crippen MR) is 106 cm³/mol. The van der Waals surface area contributed by atoms with Crippen molar-refractivity contribution in [3.8, 4) is 6.07 Å². The molecule has 0 bridgehead atoms. The average molecular weight is 361 g/mol. The van der Waals surface area contributed by atoms with Gasteiger partial charge in [0, 0.05) is 17.6 Å². The van der Waals surface area contributed by atoms with Gasteiger partial charge in [-0.05, 0) is 31.2 Å². The number of hydrogen-bond acceptors (Lipinski definition) is 4. The quantitative estimate of drug-likeness (QED) is 0.603. The molecule has 0 fully saturated rings. The van der Waals surface area contributed by atoms with Crippen molar-refractivity contribution in [3.63, 3.8) is 0 Å². The highest BCUT2D eigenvalue weighted by Crippen LogP contribution is 2.22. The maximum Gasteiger partial charge on any atom is 0.237 e. The third kappa shape index (κ3) is 4.41. The van der Waals surface area contributed by atoms with Gasteiger partial charge in [-0.3, -0.25) is 4.79 Å². The van der Waals surface area contributed by atoms with E-state index in [4.69, 9.17) is 5.26 Å². The van der Waals surface area contributed by atoms with Gasteiger partial charge >= 0.3 is 0 Å². The third-order valence-electron chi connectivity index (χ3n) is 4.01. The lowest BCUT2D eigenvalue weighted by molar-refractivity contribution is -0.116. The number of thioether (sulfide) groups is 1. The van der Waals surface area contributed by atoms with Gasteiger partial charge in [0.25, 0.3) is 0 Å². The largest absolute Gasteiger partial charge is 0.311 e. The Morgan fingerprint density at radius 2 is 1.88 bits per heavy atom. The molecule has 5 heteroatoms. The van der Waals surface area contributed by atoms with Gasteiger partial charge in [-0.2, -0.15) is 5.26 Å². The Labute approximate surface area is 157 Å². The standard InChI is InChI=1S/C21H19N3OS/c1-16-7-10-18(11-8-16)24(14-4-13-22)21(25)15-26-20-12-9-17-5-2-3-6-19(17)23-20/h2-3,5-12H,4,14-15H2,1H3. The predicted octanol–water partition coefficient (Wildman–Crippen LogP) is 4.58. The molecule has 130 valence electrons. The Balaban J connectivity index is 1.72. The first-order valence-corrected chi connectivity index (χ1v) is 9.38. The molecule has 0 unspecified atom stereocenters. The number of nitrogens with zero attached hydrogens (tertiary/aromatic N) is 3. The molecule has 0 saturated heterocycles. The van der Waals surface area contributed by atoms with Crippen LogP contribution in [0.2, 0.25) is 0 Å². The molecule has 1 aromatic heterocycles. The SMILES string of the molecule is Cc1ccc(N(CCC#N)C(=O)CSc2ccc3ccccc3n2)cc1. The molecule has 3 aromatic rings. The minimum atomic E-state index is -0.0240. The van der Waals surface area contributed by atoms with Gasteiger partial charge < -0.3 is 4.90 Å². The summed E-state index contributed by atoms with van der Waals surface area (Å²) in [6, 6.07) is 21.8. The number of amides is 1. The van der Waals surface area contributed by atoms with Gasteiger partial charge in [-0.15, -0.1) is 0 Å². The number of pyridine rings is 1. The molecule has 1 heterocycles. The smallest absolute Gasteiger partial charge is 0.237 e. The van der Waals surface area contributed by atoms with Gasteiger partial charge in [0.05, 0.1) is 28.8 Å². The second kappa shape index (κ2) is 8.50. The molecule has 2 aromatic carbocycles. The Morgan fingerprint density at radius 3 is 2.65 bits per heavy atom. The molecular formula is C21H19N3OS. The summed E-state index contributed by atoms with van der Waals surface area (Å²) >= 11 is 1.42. The number of benzene rings is 2. The fraction of sp³-hybridized carbons (Fsp3) is 0.190. The zero-order valence-corrected chi connectivity index (χ0v) is 15.4. The zero-order valence-electron chi connectivity index (χ0n) is 14.6. The molecule has 0 aliphatic heterocycles. The number of aromatic nitrogens is 1. The van der Waals surface area contributed by atoms with Crippen molar-refractivity contribution >= 4 is 34.3 Å². The van der Waals surface area contributed by atoms with Crippen molar-refractivity contribution < 1.29 is 4.79 Å². The first-order valence-electron chi connectivity index (χ1n) is 8.40. The van der Waals surface area contributed by atoms with Crippen molar-refractivity contribution in [1.29, 1.82) is 5.26 Å². The normalized spacial score (nSPS) is 10.5. The molecular weight excluding hydrogens is 342 g/mol. The first-order chi connectivity index (χ1) is 12.7. The number of hydrogen-bond donors (Lipinski definition) is 0. The lowest BCUT2D eigenvalue weighted by atomic mass is 10.2. The summed E-state index contributed by atoms with van der Waals surface area (Å²) in [5.74, 6) is 0.258. The van der Waals surface area contributed by atoms with E-state index in [2.05, 4.69) is 11.1 Å². The van der Waals surface area contributed by atoms with Crippen LogP contribution in [0, 0.1) is 18.3 Å². The number of nitriles is 1. The number of carbonyl (C=O) groups is 1. The molecule has 0 N–H and O–H groups in total. The number of anilines is 1. The fourth-order valence-electron chi connectivity index (χ4n) is 2.63. The molecule has 1 amide bonds. The van der Waals surface area contributed by atoms with Crippen LogP contribution in [-0.4, -0.2) is 23.2 Å². The van der Waals surface area contributed by atoms with Crippen LogP contribution in [0.25, 0.3) is 10.9 Å². The second-order valence-corrected chi connectivity index (χ2v) is 6.92. The van der Waals surface area contributed by atoms with Gasteiger partial charge in [-0.1, -0.05) is 53.7 Å². The van der Waals surface area contributed by atoms with Crippen molar-refractivity contribution in [1.82, 2.24) is 4.98 Å². The van der Waals surface area contributed by atoms with Crippen LogP contribution in [0.1, 0.15) is 12.0 Å². The van der Waals surface area contributed by atoms with E-state index in [1.54, 1.807) is 4.90 Å². The molecule has 0 saturated carbocycles. The van der Waals surface area contributed by atoms with Crippen LogP contribution < -0.4 is 4.90 Å². The summed E-state index contributed by atoms with van der Waals surface area (Å²) in [5, 5.41) is 10.8. The highest BCUT2D eigenvalue weighted by molar-refractivity contribution is 7.99. The highest BCUT2D eigenvalue weighted by Gasteiger charge is 2.16. The summed E-state index contributed by atoms with van der Waals surface area (Å²) in [7, 11) is 0. The molecule has 0 aliphatic rings. The summed E-state index contributed by atoms with van der Waals surface area (Å²) in [6.45, 7) is 2.40. The zero-order chi connectivity index (χ0) is 18.4. The fourth-order valence-corrected chi connectivity index (χ4v) is 3.38. The minimum Gasteiger partial charge on any atom is -0.311 e. The monoisotopic (exact) mass is 361 g/mol. The molecule has 0 spiro atoms. The number of para-hydroxylation sites is 1. The number of fused-ring (bicyclic) bond motifs is 1. The lowest BCUT2D eigenvalue weighted by Gasteiger charge is -2.21. The van der Waals surface area contributed by atoms with E-state index >= 15 is 0 Å². The van der Waals surface area contributed by atoms with E-state index in [9.17, 15) is 4.79 Å². The Bertz CT molecular complexity index is 947. The van der Waals surface area contributed by atoms with Crippen LogP contribution in [0.5, 0.6) is 0 Å². The Kier molecular flexibility index (Phi) is 5.88. The molecule has 26 heavy (non-hydrogen) atoms. The van der Waals surface area contributed by atoms with Crippen LogP contribution in [-0.2, 0) is 4.79 Å². The average Bonchev–Trinajstić information content (AvgIpc) is 2.67. The summed E-state index contributed by atoms with van der Waals surface area (Å²) in [4.78, 5) is 19.0. The maximum atomic E-state index is 12.7. The number of rotatable bonds is 6. The van der Waals surface area contributed by atoms with E-state index in [-0.39, 0.29) is 11.7 Å². The third-order valence-corrected chi connectivity index (χ3v) is 4.92. The van der Waals surface area contributed by atoms with Crippen LogP contribution in [0.15, 0.2) is 65.7 Å². The van der Waals surface area contributed by atoms with Crippen molar-refractivity contribution in [3.05, 3.63) is 66.2 Å². The maximum absolute atomic E-state index is 12.7. The molecule has 4 nitrogen and oxygen atoms in total. The van der Waals surface area contributed by atoms with Gasteiger partial charge in [0.2, 0.25) is 5.91 Å².